The summed E-state index contributed by atoms with van der Waals surface area (Å²) in [6, 6.07) is 7.55. The highest BCUT2D eigenvalue weighted by Crippen LogP contribution is 2.32. The maximum atomic E-state index is 14.3. The van der Waals surface area contributed by atoms with Gasteiger partial charge in [-0.15, -0.1) is 12.4 Å². The van der Waals surface area contributed by atoms with Crippen molar-refractivity contribution in [2.45, 2.75) is 13.0 Å². The second-order valence-corrected chi connectivity index (χ2v) is 6.05. The molecule has 1 atom stereocenters. The Morgan fingerprint density at radius 2 is 2.00 bits per heavy atom. The third-order valence-corrected chi connectivity index (χ3v) is 4.52. The fourth-order valence-electron chi connectivity index (χ4n) is 2.83. The molecule has 114 valence electrons. The molecule has 0 aliphatic carbocycles. The lowest BCUT2D eigenvalue weighted by atomic mass is 9.96. The van der Waals surface area contributed by atoms with Crippen molar-refractivity contribution in [3.8, 4) is 0 Å². The molecule has 2 aromatic rings. The largest absolute Gasteiger partial charge is 0.314 e. The number of nitrogens with zero attached hydrogens (tertiary/aromatic N) is 1. The molecule has 1 fully saturated rings. The zero-order valence-corrected chi connectivity index (χ0v) is 13.6. The molecule has 2 heterocycles. The van der Waals surface area contributed by atoms with Gasteiger partial charge in [0.2, 0.25) is 0 Å². The first kappa shape index (κ1) is 16.4. The van der Waals surface area contributed by atoms with Crippen LogP contribution in [0.15, 0.2) is 35.0 Å². The van der Waals surface area contributed by atoms with E-state index in [0.717, 1.165) is 37.3 Å². The van der Waals surface area contributed by atoms with Crippen molar-refractivity contribution >= 4 is 23.7 Å². The fourth-order valence-corrected chi connectivity index (χ4v) is 3.51. The summed E-state index contributed by atoms with van der Waals surface area (Å²) in [5.41, 5.74) is 3.10. The van der Waals surface area contributed by atoms with Gasteiger partial charge in [0, 0.05) is 31.7 Å². The van der Waals surface area contributed by atoms with Crippen LogP contribution in [-0.4, -0.2) is 31.1 Å². The van der Waals surface area contributed by atoms with E-state index in [9.17, 15) is 4.39 Å². The summed E-state index contributed by atoms with van der Waals surface area (Å²) in [5.74, 6) is -0.106. The number of hydrogen-bond acceptors (Lipinski definition) is 3. The topological polar surface area (TPSA) is 15.3 Å². The number of aryl methyl sites for hydroxylation is 1. The van der Waals surface area contributed by atoms with Crippen LogP contribution < -0.4 is 5.32 Å². The minimum atomic E-state index is -0.106. The van der Waals surface area contributed by atoms with E-state index in [-0.39, 0.29) is 24.3 Å². The molecule has 1 aliphatic heterocycles. The van der Waals surface area contributed by atoms with Crippen LogP contribution in [0.5, 0.6) is 0 Å². The van der Waals surface area contributed by atoms with Crippen LogP contribution in [-0.2, 0) is 0 Å². The summed E-state index contributed by atoms with van der Waals surface area (Å²) in [4.78, 5) is 2.37. The normalized spacial score (nSPS) is 17.2. The molecule has 0 bridgehead atoms. The molecule has 5 heteroatoms. The average Bonchev–Trinajstić information content (AvgIpc) is 2.98. The zero-order valence-electron chi connectivity index (χ0n) is 12.0. The lowest BCUT2D eigenvalue weighted by Crippen LogP contribution is -2.45. The predicted octanol–water partition coefficient (Wildman–Crippen LogP) is 3.61. The van der Waals surface area contributed by atoms with Crippen molar-refractivity contribution in [1.82, 2.24) is 10.2 Å². The maximum Gasteiger partial charge on any atom is 0.128 e. The SMILES string of the molecule is Cc1ccc(F)c([C@@H](c2ccsc2)N2CCNCC2)c1.Cl. The molecule has 1 N–H and O–H groups in total. The molecule has 1 saturated heterocycles. The number of rotatable bonds is 3. The molecule has 0 unspecified atom stereocenters. The zero-order chi connectivity index (χ0) is 13.9. The third-order valence-electron chi connectivity index (χ3n) is 3.82. The highest BCUT2D eigenvalue weighted by molar-refractivity contribution is 7.08. The first-order valence-electron chi connectivity index (χ1n) is 6.98. The van der Waals surface area contributed by atoms with E-state index >= 15 is 0 Å². The van der Waals surface area contributed by atoms with Gasteiger partial charge in [0.05, 0.1) is 6.04 Å². The summed E-state index contributed by atoms with van der Waals surface area (Å²) in [6.07, 6.45) is 0. The second kappa shape index (κ2) is 7.36. The van der Waals surface area contributed by atoms with Gasteiger partial charge in [-0.05, 0) is 35.4 Å². The van der Waals surface area contributed by atoms with Gasteiger partial charge in [0.15, 0.2) is 0 Å². The summed E-state index contributed by atoms with van der Waals surface area (Å²) >= 11 is 1.67. The van der Waals surface area contributed by atoms with Crippen molar-refractivity contribution < 1.29 is 4.39 Å². The molecule has 0 radical (unpaired) electrons. The Morgan fingerprint density at radius 1 is 1.24 bits per heavy atom. The van der Waals surface area contributed by atoms with E-state index in [2.05, 4.69) is 27.0 Å². The predicted molar refractivity (Wildman–Crippen MR) is 89.0 cm³/mol. The molecule has 1 aromatic carbocycles. The van der Waals surface area contributed by atoms with Crippen molar-refractivity contribution in [3.63, 3.8) is 0 Å². The van der Waals surface area contributed by atoms with Gasteiger partial charge in [-0.1, -0.05) is 17.7 Å². The molecular weight excluding hydrogens is 307 g/mol. The van der Waals surface area contributed by atoms with E-state index in [1.54, 1.807) is 17.4 Å². The Hall–Kier alpha value is -0.940. The molecular formula is C16H20ClFN2S. The molecule has 21 heavy (non-hydrogen) atoms. The highest BCUT2D eigenvalue weighted by Gasteiger charge is 2.26. The number of benzene rings is 1. The van der Waals surface area contributed by atoms with Crippen LogP contribution in [0.4, 0.5) is 4.39 Å². The van der Waals surface area contributed by atoms with E-state index in [4.69, 9.17) is 0 Å². The third kappa shape index (κ3) is 3.64. The molecule has 3 rings (SSSR count). The van der Waals surface area contributed by atoms with Crippen LogP contribution in [0.2, 0.25) is 0 Å². The van der Waals surface area contributed by atoms with Crippen LogP contribution in [0.25, 0.3) is 0 Å². The Kier molecular flexibility index (Phi) is 5.76. The van der Waals surface area contributed by atoms with Gasteiger partial charge >= 0.3 is 0 Å². The highest BCUT2D eigenvalue weighted by atomic mass is 35.5. The van der Waals surface area contributed by atoms with Gasteiger partial charge in [-0.25, -0.2) is 4.39 Å². The molecule has 0 saturated carbocycles. The molecule has 2 nitrogen and oxygen atoms in total. The van der Waals surface area contributed by atoms with Crippen molar-refractivity contribution in [1.29, 1.82) is 0 Å². The molecule has 1 aliphatic rings. The Morgan fingerprint density at radius 3 is 2.67 bits per heavy atom. The summed E-state index contributed by atoms with van der Waals surface area (Å²) in [5, 5.41) is 7.56. The number of nitrogens with one attached hydrogen (secondary N) is 1. The lowest BCUT2D eigenvalue weighted by Gasteiger charge is -2.35. The molecule has 0 spiro atoms. The van der Waals surface area contributed by atoms with Gasteiger partial charge in [0.25, 0.3) is 0 Å². The monoisotopic (exact) mass is 326 g/mol. The number of halogens is 2. The lowest BCUT2D eigenvalue weighted by molar-refractivity contribution is 0.195. The summed E-state index contributed by atoms with van der Waals surface area (Å²) in [6.45, 7) is 5.86. The first-order valence-corrected chi connectivity index (χ1v) is 7.93. The van der Waals surface area contributed by atoms with E-state index < -0.39 is 0 Å². The number of thiophene rings is 1. The van der Waals surface area contributed by atoms with Crippen LogP contribution in [0.1, 0.15) is 22.7 Å². The summed E-state index contributed by atoms with van der Waals surface area (Å²) < 4.78 is 14.3. The standard InChI is InChI=1S/C16H19FN2S.ClH/c1-12-2-3-15(17)14(10-12)16(13-4-9-20-11-13)19-7-5-18-6-8-19;/h2-4,9-11,16,18H,5-8H2,1H3;1H/t16-;/m1./s1. The van der Waals surface area contributed by atoms with Crippen LogP contribution in [0, 0.1) is 12.7 Å². The first-order chi connectivity index (χ1) is 9.75. The second-order valence-electron chi connectivity index (χ2n) is 5.27. The fraction of sp³-hybridized carbons (Fsp3) is 0.375. The minimum absolute atomic E-state index is 0. The van der Waals surface area contributed by atoms with Gasteiger partial charge in [0.1, 0.15) is 5.82 Å². The molecule has 1 aromatic heterocycles. The minimum Gasteiger partial charge on any atom is -0.314 e. The maximum absolute atomic E-state index is 14.3. The number of piperazine rings is 1. The van der Waals surface area contributed by atoms with Crippen LogP contribution in [0.3, 0.4) is 0 Å². The van der Waals surface area contributed by atoms with Crippen molar-refractivity contribution in [2.75, 3.05) is 26.2 Å². The number of hydrogen-bond donors (Lipinski definition) is 1. The van der Waals surface area contributed by atoms with Crippen LogP contribution >= 0.6 is 23.7 Å². The molecule has 0 amide bonds. The van der Waals surface area contributed by atoms with E-state index in [1.165, 1.54) is 5.56 Å². The summed E-state index contributed by atoms with van der Waals surface area (Å²) in [7, 11) is 0. The smallest absolute Gasteiger partial charge is 0.128 e. The van der Waals surface area contributed by atoms with Gasteiger partial charge < -0.3 is 5.32 Å². The Bertz CT molecular complexity index is 568. The van der Waals surface area contributed by atoms with Crippen molar-refractivity contribution in [2.24, 2.45) is 0 Å². The Labute approximate surface area is 135 Å². The van der Waals surface area contributed by atoms with E-state index in [0.29, 0.717) is 0 Å². The average molecular weight is 327 g/mol. The van der Waals surface area contributed by atoms with Crippen molar-refractivity contribution in [3.05, 3.63) is 57.5 Å². The van der Waals surface area contributed by atoms with E-state index in [1.807, 2.05) is 19.1 Å². The van der Waals surface area contributed by atoms with Gasteiger partial charge in [-0.2, -0.15) is 11.3 Å². The van der Waals surface area contributed by atoms with Gasteiger partial charge in [-0.3, -0.25) is 4.90 Å². The quantitative estimate of drug-likeness (QED) is 0.927. The Balaban J connectivity index is 0.00000161.